The number of amides is 1. The van der Waals surface area contributed by atoms with Crippen molar-refractivity contribution in [1.29, 1.82) is 0 Å². The Labute approximate surface area is 119 Å². The highest BCUT2D eigenvalue weighted by Gasteiger charge is 2.31. The second-order valence-corrected chi connectivity index (χ2v) is 7.46. The molecule has 114 valence electrons. The molecule has 1 N–H and O–H groups in total. The van der Waals surface area contributed by atoms with Gasteiger partial charge in [-0.15, -0.1) is 0 Å². The molecule has 0 aliphatic heterocycles. The van der Waals surface area contributed by atoms with Crippen LogP contribution in [0.1, 0.15) is 27.7 Å². The SMILES string of the molecule is CCNC(=O)O[C@H](CN(C)S(=O)N(C)C)C(C)(C)C. The summed E-state index contributed by atoms with van der Waals surface area (Å²) >= 11 is -1.24. The van der Waals surface area contributed by atoms with Gasteiger partial charge in [-0.2, -0.15) is 0 Å². The highest BCUT2D eigenvalue weighted by Crippen LogP contribution is 2.23. The smallest absolute Gasteiger partial charge is 0.407 e. The first kappa shape index (κ1) is 18.3. The van der Waals surface area contributed by atoms with Crippen LogP contribution in [0.25, 0.3) is 0 Å². The summed E-state index contributed by atoms with van der Waals surface area (Å²) in [6.45, 7) is 8.73. The second-order valence-electron chi connectivity index (χ2n) is 5.64. The topological polar surface area (TPSA) is 61.9 Å². The van der Waals surface area contributed by atoms with Gasteiger partial charge < -0.3 is 10.1 Å². The molecule has 19 heavy (non-hydrogen) atoms. The van der Waals surface area contributed by atoms with Crippen molar-refractivity contribution < 1.29 is 13.7 Å². The fraction of sp³-hybridized carbons (Fsp3) is 0.917. The Balaban J connectivity index is 4.70. The molecule has 0 fully saturated rings. The largest absolute Gasteiger partial charge is 0.444 e. The summed E-state index contributed by atoms with van der Waals surface area (Å²) in [5.41, 5.74) is -0.226. The van der Waals surface area contributed by atoms with Crippen LogP contribution in [-0.2, 0) is 15.9 Å². The lowest BCUT2D eigenvalue weighted by atomic mass is 9.89. The molecule has 0 heterocycles. The zero-order valence-electron chi connectivity index (χ0n) is 13.0. The number of nitrogens with one attached hydrogen (secondary N) is 1. The summed E-state index contributed by atoms with van der Waals surface area (Å²) in [4.78, 5) is 11.5. The van der Waals surface area contributed by atoms with Gasteiger partial charge in [0, 0.05) is 33.1 Å². The standard InChI is InChI=1S/C12H27N3O3S/c1-8-13-11(16)18-10(12(2,3)4)9-15(7)19(17)14(5)6/h10H,8-9H2,1-7H3,(H,13,16)/t10-,19?/m1/s1. The van der Waals surface area contributed by atoms with Crippen molar-refractivity contribution in [3.05, 3.63) is 0 Å². The minimum absolute atomic E-state index is 0.226. The van der Waals surface area contributed by atoms with Gasteiger partial charge in [0.25, 0.3) is 0 Å². The number of hydrogen-bond donors (Lipinski definition) is 1. The van der Waals surface area contributed by atoms with Crippen LogP contribution in [0.3, 0.4) is 0 Å². The van der Waals surface area contributed by atoms with E-state index in [9.17, 15) is 9.00 Å². The van der Waals surface area contributed by atoms with E-state index in [2.05, 4.69) is 5.32 Å². The highest BCUT2D eigenvalue weighted by atomic mass is 32.2. The van der Waals surface area contributed by atoms with Crippen molar-refractivity contribution in [2.24, 2.45) is 5.41 Å². The Kier molecular flexibility index (Phi) is 7.54. The van der Waals surface area contributed by atoms with Gasteiger partial charge >= 0.3 is 6.09 Å². The third-order valence-electron chi connectivity index (χ3n) is 2.54. The Morgan fingerprint density at radius 2 is 1.84 bits per heavy atom. The third kappa shape index (κ3) is 6.89. The van der Waals surface area contributed by atoms with E-state index in [0.29, 0.717) is 13.1 Å². The van der Waals surface area contributed by atoms with Crippen molar-refractivity contribution in [2.75, 3.05) is 34.2 Å². The lowest BCUT2D eigenvalue weighted by molar-refractivity contribution is 0.0234. The normalized spacial score (nSPS) is 15.4. The van der Waals surface area contributed by atoms with Gasteiger partial charge in [0.15, 0.2) is 11.2 Å². The van der Waals surface area contributed by atoms with Crippen molar-refractivity contribution in [2.45, 2.75) is 33.8 Å². The molecule has 0 spiro atoms. The first-order chi connectivity index (χ1) is 8.59. The number of ether oxygens (including phenoxy) is 1. The monoisotopic (exact) mass is 293 g/mol. The number of carbonyl (C=O) groups excluding carboxylic acids is 1. The molecule has 6 nitrogen and oxygen atoms in total. The van der Waals surface area contributed by atoms with Crippen LogP contribution in [0.4, 0.5) is 4.79 Å². The van der Waals surface area contributed by atoms with Crippen LogP contribution in [0, 0.1) is 5.41 Å². The Hall–Kier alpha value is -0.660. The summed E-state index contributed by atoms with van der Waals surface area (Å²) in [7, 11) is 5.22. The van der Waals surface area contributed by atoms with E-state index in [1.54, 1.807) is 29.8 Å². The molecule has 0 aliphatic carbocycles. The minimum Gasteiger partial charge on any atom is -0.444 e. The van der Waals surface area contributed by atoms with Gasteiger partial charge in [-0.25, -0.2) is 17.6 Å². The average Bonchev–Trinajstić information content (AvgIpc) is 2.25. The summed E-state index contributed by atoms with van der Waals surface area (Å²) in [5, 5.41) is 2.61. The molecule has 1 unspecified atom stereocenters. The molecule has 0 radical (unpaired) electrons. The molecule has 0 saturated heterocycles. The fourth-order valence-corrected chi connectivity index (χ4v) is 2.20. The van der Waals surface area contributed by atoms with E-state index >= 15 is 0 Å². The summed E-state index contributed by atoms with van der Waals surface area (Å²) < 4.78 is 20.6. The maximum Gasteiger partial charge on any atom is 0.407 e. The van der Waals surface area contributed by atoms with Gasteiger partial charge in [-0.1, -0.05) is 20.8 Å². The third-order valence-corrected chi connectivity index (χ3v) is 3.85. The predicted octanol–water partition coefficient (Wildman–Crippen LogP) is 1.22. The van der Waals surface area contributed by atoms with Crippen molar-refractivity contribution in [3.63, 3.8) is 0 Å². The summed E-state index contributed by atoms with van der Waals surface area (Å²) in [6.07, 6.45) is -0.778. The zero-order chi connectivity index (χ0) is 15.2. The molecular formula is C12H27N3O3S. The number of nitrogens with zero attached hydrogens (tertiary/aromatic N) is 2. The van der Waals surface area contributed by atoms with E-state index in [4.69, 9.17) is 4.74 Å². The van der Waals surface area contributed by atoms with Gasteiger partial charge in [-0.05, 0) is 6.92 Å². The maximum absolute atomic E-state index is 11.9. The minimum atomic E-state index is -1.24. The average molecular weight is 293 g/mol. The van der Waals surface area contributed by atoms with Gasteiger partial charge in [0.2, 0.25) is 0 Å². The van der Waals surface area contributed by atoms with Gasteiger partial charge in [0.05, 0.1) is 6.54 Å². The molecule has 1 amide bonds. The van der Waals surface area contributed by atoms with Gasteiger partial charge in [0.1, 0.15) is 6.10 Å². The Bertz CT molecular complexity index is 316. The highest BCUT2D eigenvalue weighted by molar-refractivity contribution is 7.80. The van der Waals surface area contributed by atoms with Crippen molar-refractivity contribution in [3.8, 4) is 0 Å². The first-order valence-corrected chi connectivity index (χ1v) is 7.40. The van der Waals surface area contributed by atoms with E-state index in [1.807, 2.05) is 27.7 Å². The predicted molar refractivity (Wildman–Crippen MR) is 77.9 cm³/mol. The number of alkyl carbamates (subject to hydrolysis) is 1. The Morgan fingerprint density at radius 1 is 1.32 bits per heavy atom. The number of hydrogen-bond acceptors (Lipinski definition) is 3. The lowest BCUT2D eigenvalue weighted by Gasteiger charge is -2.33. The second kappa shape index (κ2) is 7.81. The number of carbonyl (C=O) groups is 1. The van der Waals surface area contributed by atoms with E-state index < -0.39 is 17.3 Å². The number of likely N-dealkylation sites (N-methyl/N-ethyl adjacent to an activating group) is 1. The molecule has 2 atom stereocenters. The zero-order valence-corrected chi connectivity index (χ0v) is 13.8. The van der Waals surface area contributed by atoms with E-state index in [-0.39, 0.29) is 11.5 Å². The quantitative estimate of drug-likeness (QED) is 0.801. The van der Waals surface area contributed by atoms with Crippen molar-refractivity contribution in [1.82, 2.24) is 13.9 Å². The molecular weight excluding hydrogens is 266 g/mol. The molecule has 0 aromatic heterocycles. The fourth-order valence-electron chi connectivity index (χ4n) is 1.38. The molecule has 0 rings (SSSR count). The lowest BCUT2D eigenvalue weighted by Crippen LogP contribution is -2.45. The van der Waals surface area contributed by atoms with Crippen LogP contribution in [-0.4, -0.2) is 59.2 Å². The van der Waals surface area contributed by atoms with Crippen LogP contribution in [0.15, 0.2) is 0 Å². The molecule has 0 aromatic rings. The van der Waals surface area contributed by atoms with E-state index in [1.165, 1.54) is 0 Å². The molecule has 0 saturated carbocycles. The molecule has 0 aromatic carbocycles. The first-order valence-electron chi connectivity index (χ1n) is 6.34. The molecule has 7 heteroatoms. The Morgan fingerprint density at radius 3 is 2.21 bits per heavy atom. The van der Waals surface area contributed by atoms with Crippen molar-refractivity contribution >= 4 is 17.3 Å². The maximum atomic E-state index is 11.9. The van der Waals surface area contributed by atoms with Crippen LogP contribution in [0.2, 0.25) is 0 Å². The van der Waals surface area contributed by atoms with Gasteiger partial charge in [-0.3, -0.25) is 0 Å². The van der Waals surface area contributed by atoms with Crippen LogP contribution >= 0.6 is 0 Å². The molecule has 0 bridgehead atoms. The molecule has 0 aliphatic rings. The van der Waals surface area contributed by atoms with E-state index in [0.717, 1.165) is 0 Å². The van der Waals surface area contributed by atoms with Crippen LogP contribution < -0.4 is 5.32 Å². The summed E-state index contributed by atoms with van der Waals surface area (Å²) in [6, 6.07) is 0. The van der Waals surface area contributed by atoms with Crippen LogP contribution in [0.5, 0.6) is 0 Å². The summed E-state index contributed by atoms with van der Waals surface area (Å²) in [5.74, 6) is 0. The number of rotatable bonds is 6.